The van der Waals surface area contributed by atoms with E-state index in [1.54, 1.807) is 7.11 Å². The van der Waals surface area contributed by atoms with Gasteiger partial charge in [-0.05, 0) is 47.6 Å². The molecule has 0 bridgehead atoms. The van der Waals surface area contributed by atoms with Gasteiger partial charge < -0.3 is 14.8 Å². The summed E-state index contributed by atoms with van der Waals surface area (Å²) in [5.41, 5.74) is -0.0541. The Hall–Kier alpha value is -0.160. The van der Waals surface area contributed by atoms with Crippen LogP contribution in [0.15, 0.2) is 0 Å². The smallest absolute Gasteiger partial charge is 0.0855 e. The maximum absolute atomic E-state index is 5.97. The molecule has 4 heteroatoms. The monoisotopic (exact) mass is 272 g/mol. The van der Waals surface area contributed by atoms with Crippen LogP contribution < -0.4 is 5.32 Å². The molecule has 1 rings (SSSR count). The number of nitrogens with zero attached hydrogens (tertiary/aromatic N) is 1. The van der Waals surface area contributed by atoms with Gasteiger partial charge in [0.2, 0.25) is 0 Å². The lowest BCUT2D eigenvalue weighted by Crippen LogP contribution is -2.53. The SMILES string of the molecule is CNC(CCC(C)(C)OC)C1CN(C(C)C)CCO1. The van der Waals surface area contributed by atoms with Crippen molar-refractivity contribution in [3.05, 3.63) is 0 Å². The van der Waals surface area contributed by atoms with Gasteiger partial charge >= 0.3 is 0 Å². The van der Waals surface area contributed by atoms with E-state index in [0.717, 1.165) is 32.5 Å². The Morgan fingerprint density at radius 2 is 2.11 bits per heavy atom. The first-order chi connectivity index (χ1) is 8.89. The highest BCUT2D eigenvalue weighted by Gasteiger charge is 2.29. The zero-order valence-corrected chi connectivity index (χ0v) is 13.5. The van der Waals surface area contributed by atoms with Crippen LogP contribution in [0.25, 0.3) is 0 Å². The first-order valence-corrected chi connectivity index (χ1v) is 7.47. The van der Waals surface area contributed by atoms with Crippen molar-refractivity contribution in [3.63, 3.8) is 0 Å². The Bertz CT molecular complexity index is 257. The summed E-state index contributed by atoms with van der Waals surface area (Å²) in [7, 11) is 3.81. The Kier molecular flexibility index (Phi) is 6.74. The molecule has 114 valence electrons. The summed E-state index contributed by atoms with van der Waals surface area (Å²) in [6.45, 7) is 11.7. The molecule has 0 spiro atoms. The molecule has 0 radical (unpaired) electrons. The Balaban J connectivity index is 2.49. The van der Waals surface area contributed by atoms with E-state index in [4.69, 9.17) is 9.47 Å². The Labute approximate surface area is 118 Å². The number of rotatable bonds is 7. The fraction of sp³-hybridized carbons (Fsp3) is 1.00. The van der Waals surface area contributed by atoms with Gasteiger partial charge in [0.05, 0.1) is 18.3 Å². The van der Waals surface area contributed by atoms with Gasteiger partial charge in [0.15, 0.2) is 0 Å². The molecule has 0 aliphatic carbocycles. The first-order valence-electron chi connectivity index (χ1n) is 7.47. The molecule has 0 amide bonds. The van der Waals surface area contributed by atoms with Crippen molar-refractivity contribution in [1.82, 2.24) is 10.2 Å². The molecule has 0 saturated carbocycles. The van der Waals surface area contributed by atoms with Crippen LogP contribution in [0, 0.1) is 0 Å². The summed E-state index contributed by atoms with van der Waals surface area (Å²) in [6, 6.07) is 0.996. The average Bonchev–Trinajstić information content (AvgIpc) is 2.39. The van der Waals surface area contributed by atoms with Gasteiger partial charge in [-0.15, -0.1) is 0 Å². The van der Waals surface area contributed by atoms with Gasteiger partial charge in [-0.2, -0.15) is 0 Å². The van der Waals surface area contributed by atoms with Crippen molar-refractivity contribution >= 4 is 0 Å². The minimum absolute atomic E-state index is 0.0541. The molecule has 0 aromatic heterocycles. The molecule has 1 saturated heterocycles. The quantitative estimate of drug-likeness (QED) is 0.767. The van der Waals surface area contributed by atoms with E-state index in [0.29, 0.717) is 12.1 Å². The topological polar surface area (TPSA) is 33.7 Å². The molecule has 0 aromatic carbocycles. The summed E-state index contributed by atoms with van der Waals surface area (Å²) < 4.78 is 11.5. The predicted molar refractivity (Wildman–Crippen MR) is 79.6 cm³/mol. The summed E-state index contributed by atoms with van der Waals surface area (Å²) >= 11 is 0. The molecule has 2 unspecified atom stereocenters. The van der Waals surface area contributed by atoms with Crippen LogP contribution in [0.4, 0.5) is 0 Å². The number of likely N-dealkylation sites (N-methyl/N-ethyl adjacent to an activating group) is 1. The van der Waals surface area contributed by atoms with E-state index in [1.807, 2.05) is 7.05 Å². The second-order valence-corrected chi connectivity index (χ2v) is 6.40. The average molecular weight is 272 g/mol. The highest BCUT2D eigenvalue weighted by molar-refractivity contribution is 4.85. The molecule has 1 heterocycles. The maximum atomic E-state index is 5.97. The van der Waals surface area contributed by atoms with E-state index in [2.05, 4.69) is 37.9 Å². The van der Waals surface area contributed by atoms with Crippen LogP contribution in [-0.2, 0) is 9.47 Å². The maximum Gasteiger partial charge on any atom is 0.0855 e. The number of ether oxygens (including phenoxy) is 2. The molecule has 2 atom stereocenters. The number of methoxy groups -OCH3 is 1. The van der Waals surface area contributed by atoms with Crippen LogP contribution in [0.2, 0.25) is 0 Å². The van der Waals surface area contributed by atoms with Gasteiger partial charge in [-0.1, -0.05) is 0 Å². The first kappa shape index (κ1) is 16.9. The fourth-order valence-electron chi connectivity index (χ4n) is 2.53. The summed E-state index contributed by atoms with van der Waals surface area (Å²) in [4.78, 5) is 2.50. The van der Waals surface area contributed by atoms with Gasteiger partial charge in [-0.25, -0.2) is 0 Å². The van der Waals surface area contributed by atoms with Crippen molar-refractivity contribution in [1.29, 1.82) is 0 Å². The van der Waals surface area contributed by atoms with Crippen LogP contribution in [0.3, 0.4) is 0 Å². The second-order valence-electron chi connectivity index (χ2n) is 6.40. The third-order valence-corrected chi connectivity index (χ3v) is 4.28. The van der Waals surface area contributed by atoms with Crippen molar-refractivity contribution in [2.24, 2.45) is 0 Å². The number of morpholine rings is 1. The van der Waals surface area contributed by atoms with E-state index in [9.17, 15) is 0 Å². The van der Waals surface area contributed by atoms with E-state index < -0.39 is 0 Å². The fourth-order valence-corrected chi connectivity index (χ4v) is 2.53. The molecular formula is C15H32N2O2. The molecule has 19 heavy (non-hydrogen) atoms. The van der Waals surface area contributed by atoms with Crippen molar-refractivity contribution in [2.45, 2.75) is 64.3 Å². The molecule has 1 fully saturated rings. The predicted octanol–water partition coefficient (Wildman–Crippen LogP) is 1.89. The van der Waals surface area contributed by atoms with Crippen LogP contribution >= 0.6 is 0 Å². The van der Waals surface area contributed by atoms with Crippen LogP contribution in [0.5, 0.6) is 0 Å². The van der Waals surface area contributed by atoms with Crippen molar-refractivity contribution in [3.8, 4) is 0 Å². The number of hydrogen-bond donors (Lipinski definition) is 1. The van der Waals surface area contributed by atoms with Gasteiger partial charge in [-0.3, -0.25) is 4.90 Å². The molecule has 0 aromatic rings. The van der Waals surface area contributed by atoms with Gasteiger partial charge in [0, 0.05) is 32.3 Å². The normalized spacial score (nSPS) is 23.8. The van der Waals surface area contributed by atoms with E-state index >= 15 is 0 Å². The molecule has 1 N–H and O–H groups in total. The lowest BCUT2D eigenvalue weighted by molar-refractivity contribution is -0.0604. The van der Waals surface area contributed by atoms with Crippen LogP contribution in [0.1, 0.15) is 40.5 Å². The number of nitrogens with one attached hydrogen (secondary N) is 1. The zero-order valence-electron chi connectivity index (χ0n) is 13.5. The second kappa shape index (κ2) is 7.58. The standard InChI is InChI=1S/C15H32N2O2/c1-12(2)17-9-10-19-14(11-17)13(16-5)7-8-15(3,4)18-6/h12-14,16H,7-11H2,1-6H3. The minimum atomic E-state index is -0.0541. The molecule has 4 nitrogen and oxygen atoms in total. The van der Waals surface area contributed by atoms with Crippen molar-refractivity contribution in [2.75, 3.05) is 33.9 Å². The van der Waals surface area contributed by atoms with E-state index in [-0.39, 0.29) is 11.7 Å². The Morgan fingerprint density at radius 3 is 2.63 bits per heavy atom. The largest absolute Gasteiger partial charge is 0.379 e. The third kappa shape index (κ3) is 5.38. The molecule has 1 aliphatic heterocycles. The molecule has 1 aliphatic rings. The highest BCUT2D eigenvalue weighted by atomic mass is 16.5. The minimum Gasteiger partial charge on any atom is -0.379 e. The third-order valence-electron chi connectivity index (χ3n) is 4.28. The summed E-state index contributed by atoms with van der Waals surface area (Å²) in [5.74, 6) is 0. The number of hydrogen-bond acceptors (Lipinski definition) is 4. The summed E-state index contributed by atoms with van der Waals surface area (Å²) in [5, 5.41) is 3.42. The van der Waals surface area contributed by atoms with Crippen molar-refractivity contribution < 1.29 is 9.47 Å². The zero-order chi connectivity index (χ0) is 14.5. The Morgan fingerprint density at radius 1 is 1.42 bits per heavy atom. The van der Waals surface area contributed by atoms with Crippen LogP contribution in [-0.4, -0.2) is 62.5 Å². The van der Waals surface area contributed by atoms with Gasteiger partial charge in [0.25, 0.3) is 0 Å². The lowest BCUT2D eigenvalue weighted by Gasteiger charge is -2.39. The highest BCUT2D eigenvalue weighted by Crippen LogP contribution is 2.20. The molecular weight excluding hydrogens is 240 g/mol. The summed E-state index contributed by atoms with van der Waals surface area (Å²) in [6.07, 6.45) is 2.40. The van der Waals surface area contributed by atoms with Gasteiger partial charge in [0.1, 0.15) is 0 Å². The lowest BCUT2D eigenvalue weighted by atomic mass is 9.95. The van der Waals surface area contributed by atoms with E-state index in [1.165, 1.54) is 0 Å².